The molecule has 1 heterocycles. The van der Waals surface area contributed by atoms with Crippen LogP contribution in [0.2, 0.25) is 0 Å². The van der Waals surface area contributed by atoms with E-state index in [2.05, 4.69) is 4.90 Å². The van der Waals surface area contributed by atoms with E-state index in [1.165, 1.54) is 12.8 Å². The summed E-state index contributed by atoms with van der Waals surface area (Å²) in [4.78, 5) is 2.46. The molecule has 2 N–H and O–H groups in total. The number of halogens is 1. The molecule has 0 aromatic heterocycles. The van der Waals surface area contributed by atoms with E-state index >= 15 is 0 Å². The highest BCUT2D eigenvalue weighted by Crippen LogP contribution is 2.31. The number of nitrogens with zero attached hydrogens (tertiary/aromatic N) is 1. The largest absolute Gasteiger partial charge is 0.323 e. The number of nitrogens with two attached hydrogens (primary N) is 1. The van der Waals surface area contributed by atoms with Gasteiger partial charge in [0.1, 0.15) is 6.67 Å². The molecule has 0 atom stereocenters. The standard InChI is InChI=1S/C9H17FN2/c10-7-9(11)3-5-12(6-4-9)8-1-2-8/h8H,1-7,11H2. The molecule has 2 aliphatic rings. The Labute approximate surface area is 72.9 Å². The van der Waals surface area contributed by atoms with Crippen LogP contribution >= 0.6 is 0 Å². The van der Waals surface area contributed by atoms with Crippen molar-refractivity contribution in [1.29, 1.82) is 0 Å². The summed E-state index contributed by atoms with van der Waals surface area (Å²) >= 11 is 0. The predicted octanol–water partition coefficient (Wildman–Crippen LogP) is 0.912. The fraction of sp³-hybridized carbons (Fsp3) is 1.00. The number of alkyl halides is 1. The summed E-state index contributed by atoms with van der Waals surface area (Å²) in [6, 6.07) is 0.814. The predicted molar refractivity (Wildman–Crippen MR) is 46.7 cm³/mol. The lowest BCUT2D eigenvalue weighted by atomic mass is 9.90. The molecule has 0 spiro atoms. The molecule has 0 bridgehead atoms. The zero-order valence-corrected chi connectivity index (χ0v) is 7.43. The lowest BCUT2D eigenvalue weighted by Gasteiger charge is -2.37. The van der Waals surface area contributed by atoms with Crippen molar-refractivity contribution in [3.8, 4) is 0 Å². The molecule has 0 amide bonds. The SMILES string of the molecule is NC1(CF)CCN(C2CC2)CC1. The monoisotopic (exact) mass is 172 g/mol. The Kier molecular flexibility index (Phi) is 2.09. The van der Waals surface area contributed by atoms with Gasteiger partial charge in [0.05, 0.1) is 0 Å². The number of hydrogen-bond acceptors (Lipinski definition) is 2. The van der Waals surface area contributed by atoms with E-state index in [-0.39, 0.29) is 6.67 Å². The van der Waals surface area contributed by atoms with Crippen molar-refractivity contribution in [1.82, 2.24) is 4.90 Å². The maximum Gasteiger partial charge on any atom is 0.107 e. The van der Waals surface area contributed by atoms with Crippen LogP contribution in [0, 0.1) is 0 Å². The first kappa shape index (κ1) is 8.45. The molecule has 2 fully saturated rings. The molecule has 2 nitrogen and oxygen atoms in total. The number of rotatable bonds is 2. The Balaban J connectivity index is 1.83. The number of likely N-dealkylation sites (tertiary alicyclic amines) is 1. The first-order chi connectivity index (χ1) is 5.73. The van der Waals surface area contributed by atoms with Gasteiger partial charge in [0, 0.05) is 24.7 Å². The average Bonchev–Trinajstić information content (AvgIpc) is 2.89. The third-order valence-corrected chi connectivity index (χ3v) is 3.12. The molecular formula is C9H17FN2. The quantitative estimate of drug-likeness (QED) is 0.671. The van der Waals surface area contributed by atoms with Gasteiger partial charge in [-0.15, -0.1) is 0 Å². The molecule has 0 radical (unpaired) electrons. The second kappa shape index (κ2) is 2.96. The van der Waals surface area contributed by atoms with Crippen molar-refractivity contribution in [3.63, 3.8) is 0 Å². The highest BCUT2D eigenvalue weighted by Gasteiger charge is 2.36. The highest BCUT2D eigenvalue weighted by molar-refractivity contribution is 4.94. The van der Waals surface area contributed by atoms with Gasteiger partial charge in [-0.3, -0.25) is 0 Å². The van der Waals surface area contributed by atoms with E-state index in [1.807, 2.05) is 0 Å². The molecule has 70 valence electrons. The van der Waals surface area contributed by atoms with Crippen molar-refractivity contribution in [3.05, 3.63) is 0 Å². The summed E-state index contributed by atoms with van der Waals surface area (Å²) < 4.78 is 12.5. The minimum Gasteiger partial charge on any atom is -0.323 e. The fourth-order valence-electron chi connectivity index (χ4n) is 1.91. The van der Waals surface area contributed by atoms with E-state index in [0.29, 0.717) is 0 Å². The normalized spacial score (nSPS) is 30.5. The lowest BCUT2D eigenvalue weighted by molar-refractivity contribution is 0.134. The maximum absolute atomic E-state index is 12.5. The van der Waals surface area contributed by atoms with Gasteiger partial charge in [0.15, 0.2) is 0 Å². The van der Waals surface area contributed by atoms with Gasteiger partial charge in [-0.2, -0.15) is 0 Å². The minimum absolute atomic E-state index is 0.356. The third kappa shape index (κ3) is 1.62. The van der Waals surface area contributed by atoms with E-state index < -0.39 is 5.54 Å². The first-order valence-corrected chi connectivity index (χ1v) is 4.82. The van der Waals surface area contributed by atoms with Crippen molar-refractivity contribution in [2.24, 2.45) is 5.73 Å². The van der Waals surface area contributed by atoms with Gasteiger partial charge in [-0.05, 0) is 25.7 Å². The molecule has 1 saturated carbocycles. The Bertz CT molecular complexity index is 160. The van der Waals surface area contributed by atoms with Gasteiger partial charge >= 0.3 is 0 Å². The molecule has 0 aromatic carbocycles. The van der Waals surface area contributed by atoms with Gasteiger partial charge in [-0.1, -0.05) is 0 Å². The molecule has 1 aliphatic carbocycles. The van der Waals surface area contributed by atoms with Crippen LogP contribution in [0.3, 0.4) is 0 Å². The number of hydrogen-bond donors (Lipinski definition) is 1. The molecule has 2 rings (SSSR count). The van der Waals surface area contributed by atoms with Crippen molar-refractivity contribution >= 4 is 0 Å². The van der Waals surface area contributed by atoms with Crippen molar-refractivity contribution in [2.45, 2.75) is 37.3 Å². The molecule has 0 aromatic rings. The first-order valence-electron chi connectivity index (χ1n) is 4.82. The lowest BCUT2D eigenvalue weighted by Crippen LogP contribution is -2.52. The summed E-state index contributed by atoms with van der Waals surface area (Å²) in [5.74, 6) is 0. The van der Waals surface area contributed by atoms with E-state index in [1.54, 1.807) is 0 Å². The van der Waals surface area contributed by atoms with Gasteiger partial charge in [-0.25, -0.2) is 4.39 Å². The second-order valence-corrected chi connectivity index (χ2v) is 4.26. The van der Waals surface area contributed by atoms with Gasteiger partial charge < -0.3 is 10.6 Å². The van der Waals surface area contributed by atoms with Crippen molar-refractivity contribution < 1.29 is 4.39 Å². The zero-order valence-electron chi connectivity index (χ0n) is 7.43. The molecular weight excluding hydrogens is 155 g/mol. The molecule has 0 unspecified atom stereocenters. The Morgan fingerprint density at radius 2 is 1.92 bits per heavy atom. The van der Waals surface area contributed by atoms with Crippen molar-refractivity contribution in [2.75, 3.05) is 19.8 Å². The van der Waals surface area contributed by atoms with Crippen LogP contribution in [-0.4, -0.2) is 36.2 Å². The van der Waals surface area contributed by atoms with E-state index in [0.717, 1.165) is 32.0 Å². The fourth-order valence-corrected chi connectivity index (χ4v) is 1.91. The summed E-state index contributed by atoms with van der Waals surface area (Å²) in [7, 11) is 0. The topological polar surface area (TPSA) is 29.3 Å². The van der Waals surface area contributed by atoms with Gasteiger partial charge in [0.2, 0.25) is 0 Å². The van der Waals surface area contributed by atoms with Crippen LogP contribution in [0.25, 0.3) is 0 Å². The van der Waals surface area contributed by atoms with Crippen LogP contribution in [0.15, 0.2) is 0 Å². The summed E-state index contributed by atoms with van der Waals surface area (Å²) in [5, 5.41) is 0. The summed E-state index contributed by atoms with van der Waals surface area (Å²) in [6.45, 7) is 1.65. The molecule has 12 heavy (non-hydrogen) atoms. The van der Waals surface area contributed by atoms with Crippen LogP contribution in [-0.2, 0) is 0 Å². The average molecular weight is 172 g/mol. The third-order valence-electron chi connectivity index (χ3n) is 3.12. The molecule has 1 saturated heterocycles. The van der Waals surface area contributed by atoms with Crippen LogP contribution in [0.5, 0.6) is 0 Å². The smallest absolute Gasteiger partial charge is 0.107 e. The Morgan fingerprint density at radius 1 is 1.33 bits per heavy atom. The van der Waals surface area contributed by atoms with E-state index in [9.17, 15) is 4.39 Å². The molecule has 1 aliphatic heterocycles. The van der Waals surface area contributed by atoms with Crippen LogP contribution in [0.4, 0.5) is 4.39 Å². The Morgan fingerprint density at radius 3 is 2.33 bits per heavy atom. The zero-order chi connectivity index (χ0) is 8.60. The second-order valence-electron chi connectivity index (χ2n) is 4.26. The summed E-state index contributed by atoms with van der Waals surface area (Å²) in [5.41, 5.74) is 5.34. The van der Waals surface area contributed by atoms with Gasteiger partial charge in [0.25, 0.3) is 0 Å². The number of piperidine rings is 1. The van der Waals surface area contributed by atoms with E-state index in [4.69, 9.17) is 5.73 Å². The van der Waals surface area contributed by atoms with Crippen LogP contribution < -0.4 is 5.73 Å². The molecule has 3 heteroatoms. The highest BCUT2D eigenvalue weighted by atomic mass is 19.1. The van der Waals surface area contributed by atoms with Crippen LogP contribution in [0.1, 0.15) is 25.7 Å². The minimum atomic E-state index is -0.495. The summed E-state index contributed by atoms with van der Waals surface area (Å²) in [6.07, 6.45) is 4.35. The maximum atomic E-state index is 12.5. The Hall–Kier alpha value is -0.150.